The van der Waals surface area contributed by atoms with Crippen molar-refractivity contribution in [2.75, 3.05) is 16.8 Å². The molecule has 8 nitrogen and oxygen atoms in total. The Hall–Kier alpha value is -3.91. The van der Waals surface area contributed by atoms with Gasteiger partial charge in [-0.1, -0.05) is 23.7 Å². The molecule has 4 aromatic rings. The molecular weight excluding hydrogens is 452 g/mol. The van der Waals surface area contributed by atoms with Crippen molar-refractivity contribution in [3.05, 3.63) is 71.8 Å². The number of anilines is 2. The second-order valence-corrected chi connectivity index (χ2v) is 8.59. The molecule has 34 heavy (non-hydrogen) atoms. The Bertz CT molecular complexity index is 1410. The quantitative estimate of drug-likeness (QED) is 0.465. The van der Waals surface area contributed by atoms with E-state index in [1.165, 1.54) is 6.92 Å². The van der Waals surface area contributed by atoms with Gasteiger partial charge in [-0.2, -0.15) is 0 Å². The molecular formula is C25H21ClN6O2. The van der Waals surface area contributed by atoms with Crippen LogP contribution in [0.1, 0.15) is 31.4 Å². The van der Waals surface area contributed by atoms with Crippen molar-refractivity contribution in [2.24, 2.45) is 0 Å². The molecule has 1 aliphatic rings. The lowest BCUT2D eigenvalue weighted by Gasteiger charge is -2.31. The predicted octanol–water partition coefficient (Wildman–Crippen LogP) is 4.61. The number of nitrogens with one attached hydrogen (secondary N) is 1. The van der Waals surface area contributed by atoms with Gasteiger partial charge in [-0.25, -0.2) is 9.97 Å². The van der Waals surface area contributed by atoms with Crippen LogP contribution in [-0.2, 0) is 9.59 Å². The zero-order chi connectivity index (χ0) is 23.7. The molecule has 9 heteroatoms. The van der Waals surface area contributed by atoms with Crippen LogP contribution < -0.4 is 10.2 Å². The van der Waals surface area contributed by atoms with E-state index in [2.05, 4.69) is 20.3 Å². The maximum absolute atomic E-state index is 13.2. The molecule has 5 rings (SSSR count). The van der Waals surface area contributed by atoms with Gasteiger partial charge in [0.05, 0.1) is 16.7 Å². The van der Waals surface area contributed by atoms with Gasteiger partial charge in [0, 0.05) is 60.7 Å². The lowest BCUT2D eigenvalue weighted by molar-refractivity contribution is -0.120. The average molecular weight is 473 g/mol. The van der Waals surface area contributed by atoms with Crippen LogP contribution in [0.2, 0.25) is 5.02 Å². The molecule has 0 bridgehead atoms. The van der Waals surface area contributed by atoms with E-state index in [0.717, 1.165) is 22.3 Å². The van der Waals surface area contributed by atoms with Crippen LogP contribution in [0.25, 0.3) is 22.3 Å². The Morgan fingerprint density at radius 1 is 1.09 bits per heavy atom. The smallest absolute Gasteiger partial charge is 0.228 e. The van der Waals surface area contributed by atoms with Crippen LogP contribution in [0, 0.1) is 0 Å². The third-order valence-corrected chi connectivity index (χ3v) is 5.99. The van der Waals surface area contributed by atoms with E-state index >= 15 is 0 Å². The number of carbonyl (C=O) groups excluding carboxylic acids is 2. The highest BCUT2D eigenvalue weighted by Gasteiger charge is 2.31. The molecule has 1 fully saturated rings. The summed E-state index contributed by atoms with van der Waals surface area (Å²) < 4.78 is 0. The standard InChI is InChI=1S/C25H21ClN6O2/c1-15(33)30-19-4-2-3-17(11-19)24-25(28-9-8-27-24)32-10-7-16(12-23(32)34)22-14-29-20-6-5-18(26)13-21(20)31-22/h2-6,8-9,11,13-14,16H,7,10,12H2,1H3,(H,30,33). The number of carbonyl (C=O) groups is 2. The summed E-state index contributed by atoms with van der Waals surface area (Å²) in [4.78, 5) is 44.5. The third-order valence-electron chi connectivity index (χ3n) is 5.76. The Morgan fingerprint density at radius 3 is 2.76 bits per heavy atom. The minimum absolute atomic E-state index is 0.0390. The molecule has 2 aromatic heterocycles. The van der Waals surface area contributed by atoms with Crippen LogP contribution >= 0.6 is 11.6 Å². The van der Waals surface area contributed by atoms with Crippen molar-refractivity contribution < 1.29 is 9.59 Å². The highest BCUT2D eigenvalue weighted by Crippen LogP contribution is 2.34. The number of hydrogen-bond donors (Lipinski definition) is 1. The largest absolute Gasteiger partial charge is 0.326 e. The molecule has 0 saturated carbocycles. The van der Waals surface area contributed by atoms with Crippen LogP contribution in [0.3, 0.4) is 0 Å². The SMILES string of the molecule is CC(=O)Nc1cccc(-c2nccnc2N2CCC(c3cnc4ccc(Cl)cc4n3)CC2=O)c1. The Balaban J connectivity index is 1.40. The van der Waals surface area contributed by atoms with Gasteiger partial charge in [0.2, 0.25) is 11.8 Å². The molecule has 1 N–H and O–H groups in total. The summed E-state index contributed by atoms with van der Waals surface area (Å²) in [5.74, 6) is 0.252. The fraction of sp³-hybridized carbons (Fsp3) is 0.200. The summed E-state index contributed by atoms with van der Waals surface area (Å²) in [6, 6.07) is 12.7. The van der Waals surface area contributed by atoms with Gasteiger partial charge in [-0.3, -0.25) is 24.5 Å². The van der Waals surface area contributed by atoms with E-state index in [0.29, 0.717) is 41.6 Å². The second kappa shape index (κ2) is 9.15. The van der Waals surface area contributed by atoms with Gasteiger partial charge >= 0.3 is 0 Å². The Morgan fingerprint density at radius 2 is 1.94 bits per heavy atom. The molecule has 1 saturated heterocycles. The maximum Gasteiger partial charge on any atom is 0.228 e. The minimum Gasteiger partial charge on any atom is -0.326 e. The van der Waals surface area contributed by atoms with Gasteiger partial charge in [0.15, 0.2) is 5.82 Å². The highest BCUT2D eigenvalue weighted by molar-refractivity contribution is 6.31. The molecule has 3 heterocycles. The molecule has 1 unspecified atom stereocenters. The van der Waals surface area contributed by atoms with Crippen molar-refractivity contribution in [1.29, 1.82) is 0 Å². The number of piperidine rings is 1. The average Bonchev–Trinajstić information content (AvgIpc) is 2.83. The summed E-state index contributed by atoms with van der Waals surface area (Å²) in [5.41, 5.74) is 4.27. The first kappa shape index (κ1) is 21.9. The monoisotopic (exact) mass is 472 g/mol. The number of amides is 2. The van der Waals surface area contributed by atoms with E-state index < -0.39 is 0 Å². The first-order chi connectivity index (χ1) is 16.5. The van der Waals surface area contributed by atoms with Gasteiger partial charge in [0.1, 0.15) is 5.69 Å². The van der Waals surface area contributed by atoms with Crippen LogP contribution in [0.4, 0.5) is 11.5 Å². The van der Waals surface area contributed by atoms with Crippen molar-refractivity contribution in [2.45, 2.75) is 25.7 Å². The fourth-order valence-electron chi connectivity index (χ4n) is 4.18. The first-order valence-electron chi connectivity index (χ1n) is 10.9. The number of rotatable bonds is 4. The molecule has 2 amide bonds. The Labute approximate surface area is 201 Å². The summed E-state index contributed by atoms with van der Waals surface area (Å²) in [5, 5.41) is 3.37. The molecule has 1 aliphatic heterocycles. The number of benzene rings is 2. The topological polar surface area (TPSA) is 101 Å². The van der Waals surface area contributed by atoms with E-state index in [-0.39, 0.29) is 17.7 Å². The van der Waals surface area contributed by atoms with Crippen LogP contribution in [-0.4, -0.2) is 38.3 Å². The van der Waals surface area contributed by atoms with E-state index in [4.69, 9.17) is 16.6 Å². The molecule has 2 aromatic carbocycles. The van der Waals surface area contributed by atoms with Crippen LogP contribution in [0.5, 0.6) is 0 Å². The number of nitrogens with zero attached hydrogens (tertiary/aromatic N) is 5. The Kier molecular flexibility index (Phi) is 5.90. The van der Waals surface area contributed by atoms with Crippen LogP contribution in [0.15, 0.2) is 61.1 Å². The van der Waals surface area contributed by atoms with Gasteiger partial charge in [-0.15, -0.1) is 0 Å². The van der Waals surface area contributed by atoms with E-state index in [9.17, 15) is 9.59 Å². The normalized spacial score (nSPS) is 16.0. The number of fused-ring (bicyclic) bond motifs is 1. The summed E-state index contributed by atoms with van der Waals surface area (Å²) >= 11 is 6.10. The van der Waals surface area contributed by atoms with Crippen molar-refractivity contribution in [1.82, 2.24) is 19.9 Å². The fourth-order valence-corrected chi connectivity index (χ4v) is 4.35. The molecule has 0 spiro atoms. The zero-order valence-corrected chi connectivity index (χ0v) is 19.2. The summed E-state index contributed by atoms with van der Waals surface area (Å²) in [7, 11) is 0. The lowest BCUT2D eigenvalue weighted by atomic mass is 9.93. The lowest BCUT2D eigenvalue weighted by Crippen LogP contribution is -2.39. The molecule has 0 radical (unpaired) electrons. The number of hydrogen-bond acceptors (Lipinski definition) is 6. The molecule has 1 atom stereocenters. The molecule has 0 aliphatic carbocycles. The van der Waals surface area contributed by atoms with E-state index in [1.807, 2.05) is 24.3 Å². The molecule has 170 valence electrons. The van der Waals surface area contributed by atoms with Crippen molar-refractivity contribution >= 4 is 46.0 Å². The number of aromatic nitrogens is 4. The summed E-state index contributed by atoms with van der Waals surface area (Å²) in [6.07, 6.45) is 5.92. The van der Waals surface area contributed by atoms with Gasteiger partial charge in [0.25, 0.3) is 0 Å². The predicted molar refractivity (Wildman–Crippen MR) is 131 cm³/mol. The summed E-state index contributed by atoms with van der Waals surface area (Å²) in [6.45, 7) is 1.94. The maximum atomic E-state index is 13.2. The second-order valence-electron chi connectivity index (χ2n) is 8.15. The zero-order valence-electron chi connectivity index (χ0n) is 18.4. The van der Waals surface area contributed by atoms with Gasteiger partial charge in [-0.05, 0) is 36.8 Å². The highest BCUT2D eigenvalue weighted by atomic mass is 35.5. The van der Waals surface area contributed by atoms with E-state index in [1.54, 1.807) is 41.7 Å². The number of halogens is 1. The van der Waals surface area contributed by atoms with Gasteiger partial charge < -0.3 is 5.32 Å². The van der Waals surface area contributed by atoms with Crippen molar-refractivity contribution in [3.63, 3.8) is 0 Å². The van der Waals surface area contributed by atoms with Crippen molar-refractivity contribution in [3.8, 4) is 11.3 Å². The third kappa shape index (κ3) is 4.45. The first-order valence-corrected chi connectivity index (χ1v) is 11.3. The minimum atomic E-state index is -0.159.